The molecule has 0 saturated carbocycles. The number of amides is 1. The lowest BCUT2D eigenvalue weighted by Crippen LogP contribution is -2.49. The highest BCUT2D eigenvalue weighted by Crippen LogP contribution is 2.32. The molecule has 1 fully saturated rings. The largest absolute Gasteiger partial charge is 0.495 e. The van der Waals surface area contributed by atoms with E-state index in [1.807, 2.05) is 12.1 Å². The van der Waals surface area contributed by atoms with Crippen LogP contribution in [0.1, 0.15) is 0 Å². The van der Waals surface area contributed by atoms with E-state index in [1.165, 1.54) is 28.9 Å². The molecule has 1 aromatic heterocycles. The predicted molar refractivity (Wildman–Crippen MR) is 138 cm³/mol. The Morgan fingerprint density at radius 1 is 0.919 bits per heavy atom. The van der Waals surface area contributed by atoms with Crippen LogP contribution in [0.4, 0.5) is 14.5 Å². The monoisotopic (exact) mass is 523 g/mol. The van der Waals surface area contributed by atoms with Gasteiger partial charge in [0.2, 0.25) is 5.91 Å². The number of hydrogen-bond donors (Lipinski definition) is 0. The molecule has 0 atom stereocenters. The summed E-state index contributed by atoms with van der Waals surface area (Å²) in [5.41, 5.74) is 2.12. The van der Waals surface area contributed by atoms with Crippen LogP contribution in [0.2, 0.25) is 5.02 Å². The minimum absolute atomic E-state index is 0.0403. The molecule has 0 N–H and O–H groups in total. The summed E-state index contributed by atoms with van der Waals surface area (Å²) in [6.07, 6.45) is 0. The maximum Gasteiger partial charge on any atom is 0.244 e. The second-order valence-electron chi connectivity index (χ2n) is 8.61. The molecular weight excluding hydrogens is 500 g/mol. The Balaban J connectivity index is 1.35. The van der Waals surface area contributed by atoms with Crippen molar-refractivity contribution in [1.29, 1.82) is 0 Å². The Bertz CT molecular complexity index is 1400. The molecule has 0 bridgehead atoms. The highest BCUT2D eigenvalue weighted by molar-refractivity contribution is 6.30. The van der Waals surface area contributed by atoms with Gasteiger partial charge >= 0.3 is 0 Å². The fraction of sp³-hybridized carbons (Fsp3) is 0.222. The second-order valence-corrected chi connectivity index (χ2v) is 9.05. The molecule has 2 heterocycles. The van der Waals surface area contributed by atoms with Crippen molar-refractivity contribution >= 4 is 23.2 Å². The molecule has 0 unspecified atom stereocenters. The van der Waals surface area contributed by atoms with Gasteiger partial charge in [-0.1, -0.05) is 11.6 Å². The van der Waals surface area contributed by atoms with E-state index >= 15 is 0 Å². The van der Waals surface area contributed by atoms with Crippen LogP contribution in [0.3, 0.4) is 0 Å². The number of anilines is 1. The third-order valence-electron chi connectivity index (χ3n) is 6.28. The minimum atomic E-state index is -0.376. The molecule has 0 spiro atoms. The highest BCUT2D eigenvalue weighted by atomic mass is 35.5. The van der Waals surface area contributed by atoms with Crippen LogP contribution in [0, 0.1) is 11.6 Å². The smallest absolute Gasteiger partial charge is 0.244 e. The van der Waals surface area contributed by atoms with Crippen LogP contribution >= 0.6 is 11.6 Å². The molecule has 0 aliphatic carbocycles. The summed E-state index contributed by atoms with van der Waals surface area (Å²) in [6, 6.07) is 17.1. The average molecular weight is 524 g/mol. The fourth-order valence-corrected chi connectivity index (χ4v) is 4.49. The summed E-state index contributed by atoms with van der Waals surface area (Å²) in [4.78, 5) is 21.8. The number of methoxy groups -OCH3 is 1. The van der Waals surface area contributed by atoms with Gasteiger partial charge in [-0.2, -0.15) is 0 Å². The van der Waals surface area contributed by atoms with E-state index < -0.39 is 0 Å². The summed E-state index contributed by atoms with van der Waals surface area (Å²) < 4.78 is 33.9. The molecule has 3 aromatic carbocycles. The van der Waals surface area contributed by atoms with Crippen molar-refractivity contribution in [2.24, 2.45) is 0 Å². The van der Waals surface area contributed by atoms with Crippen molar-refractivity contribution in [3.8, 4) is 28.5 Å². The maximum atomic E-state index is 13.5. The van der Waals surface area contributed by atoms with Crippen molar-refractivity contribution in [2.45, 2.75) is 6.54 Å². The Morgan fingerprint density at radius 2 is 1.54 bits per heavy atom. The number of halogens is 3. The molecule has 1 aliphatic heterocycles. The van der Waals surface area contributed by atoms with Gasteiger partial charge in [0, 0.05) is 42.3 Å². The highest BCUT2D eigenvalue weighted by Gasteiger charge is 2.25. The molecule has 5 rings (SSSR count). The summed E-state index contributed by atoms with van der Waals surface area (Å²) in [5.74, 6) is 0.645. The predicted octanol–water partition coefficient (Wildman–Crippen LogP) is 4.90. The Kier molecular flexibility index (Phi) is 7.05. The van der Waals surface area contributed by atoms with Crippen LogP contribution in [0.15, 0.2) is 66.7 Å². The van der Waals surface area contributed by atoms with E-state index in [2.05, 4.69) is 15.0 Å². The number of nitrogens with zero attached hydrogens (tertiary/aromatic N) is 5. The van der Waals surface area contributed by atoms with Crippen LogP contribution in [-0.2, 0) is 11.3 Å². The van der Waals surface area contributed by atoms with Crippen LogP contribution < -0.4 is 9.64 Å². The standard InChI is InChI=1S/C27H24ClF2N5O2/c1-37-24-11-6-20(28)16-23(24)33-12-14-34(15-13-33)25(36)17-35-27(19-4-9-22(30)10-5-19)31-26(32-35)18-2-7-21(29)8-3-18/h2-11,16H,12-15,17H2,1H3. The number of rotatable bonds is 6. The number of hydrogen-bond acceptors (Lipinski definition) is 5. The molecule has 10 heteroatoms. The lowest BCUT2D eigenvalue weighted by Gasteiger charge is -2.36. The molecule has 1 aliphatic rings. The summed E-state index contributed by atoms with van der Waals surface area (Å²) in [5, 5.41) is 5.16. The van der Waals surface area contributed by atoms with Crippen molar-refractivity contribution < 1.29 is 18.3 Å². The molecule has 7 nitrogen and oxygen atoms in total. The number of carbonyl (C=O) groups excluding carboxylic acids is 1. The molecule has 1 amide bonds. The van der Waals surface area contributed by atoms with E-state index in [9.17, 15) is 13.6 Å². The normalized spacial score (nSPS) is 13.6. The lowest BCUT2D eigenvalue weighted by atomic mass is 10.2. The lowest BCUT2D eigenvalue weighted by molar-refractivity contribution is -0.132. The Labute approximate surface area is 217 Å². The third kappa shape index (κ3) is 5.41. The summed E-state index contributed by atoms with van der Waals surface area (Å²) in [7, 11) is 1.61. The van der Waals surface area contributed by atoms with Gasteiger partial charge in [-0.25, -0.2) is 18.4 Å². The van der Waals surface area contributed by atoms with Gasteiger partial charge in [-0.15, -0.1) is 5.10 Å². The summed E-state index contributed by atoms with van der Waals surface area (Å²) in [6.45, 7) is 2.22. The van der Waals surface area contributed by atoms with Gasteiger partial charge in [-0.05, 0) is 66.7 Å². The Hall–Kier alpha value is -3.98. The number of benzene rings is 3. The van der Waals surface area contributed by atoms with Crippen LogP contribution in [0.25, 0.3) is 22.8 Å². The number of piperazine rings is 1. The van der Waals surface area contributed by atoms with E-state index in [0.717, 1.165) is 11.4 Å². The first-order chi connectivity index (χ1) is 17.9. The van der Waals surface area contributed by atoms with Gasteiger partial charge in [0.25, 0.3) is 0 Å². The molecule has 0 radical (unpaired) electrons. The third-order valence-corrected chi connectivity index (χ3v) is 6.51. The molecule has 190 valence electrons. The zero-order chi connectivity index (χ0) is 25.9. The van der Waals surface area contributed by atoms with E-state index in [4.69, 9.17) is 16.3 Å². The van der Waals surface area contributed by atoms with Crippen LogP contribution in [-0.4, -0.2) is 58.9 Å². The van der Waals surface area contributed by atoms with Gasteiger partial charge in [0.15, 0.2) is 11.6 Å². The van der Waals surface area contributed by atoms with E-state index in [1.54, 1.807) is 42.3 Å². The van der Waals surface area contributed by atoms with Gasteiger partial charge < -0.3 is 14.5 Å². The molecule has 4 aromatic rings. The van der Waals surface area contributed by atoms with Crippen LogP contribution in [0.5, 0.6) is 5.75 Å². The molecule has 1 saturated heterocycles. The average Bonchev–Trinajstić information content (AvgIpc) is 3.33. The zero-order valence-electron chi connectivity index (χ0n) is 20.1. The number of ether oxygens (including phenoxy) is 1. The quantitative estimate of drug-likeness (QED) is 0.360. The SMILES string of the molecule is COc1ccc(Cl)cc1N1CCN(C(=O)Cn2nc(-c3ccc(F)cc3)nc2-c2ccc(F)cc2)CC1. The van der Waals surface area contributed by atoms with Crippen molar-refractivity contribution in [2.75, 3.05) is 38.2 Å². The van der Waals surface area contributed by atoms with Gasteiger partial charge in [-0.3, -0.25) is 4.79 Å². The zero-order valence-corrected chi connectivity index (χ0v) is 20.8. The number of carbonyl (C=O) groups is 1. The molecule has 37 heavy (non-hydrogen) atoms. The second kappa shape index (κ2) is 10.6. The first-order valence-electron chi connectivity index (χ1n) is 11.7. The Morgan fingerprint density at radius 3 is 2.16 bits per heavy atom. The fourth-order valence-electron chi connectivity index (χ4n) is 4.32. The number of aromatic nitrogens is 3. The van der Waals surface area contributed by atoms with Gasteiger partial charge in [0.1, 0.15) is 23.9 Å². The van der Waals surface area contributed by atoms with E-state index in [-0.39, 0.29) is 24.1 Å². The van der Waals surface area contributed by atoms with Gasteiger partial charge in [0.05, 0.1) is 12.8 Å². The van der Waals surface area contributed by atoms with Crippen molar-refractivity contribution in [3.63, 3.8) is 0 Å². The minimum Gasteiger partial charge on any atom is -0.495 e. The topological polar surface area (TPSA) is 63.5 Å². The van der Waals surface area contributed by atoms with Crippen molar-refractivity contribution in [3.05, 3.63) is 83.4 Å². The first kappa shape index (κ1) is 24.7. The maximum absolute atomic E-state index is 13.5. The molecular formula is C27H24ClF2N5O2. The van der Waals surface area contributed by atoms with E-state index in [0.29, 0.717) is 54.0 Å². The van der Waals surface area contributed by atoms with Crippen molar-refractivity contribution in [1.82, 2.24) is 19.7 Å². The first-order valence-corrected chi connectivity index (χ1v) is 12.1. The summed E-state index contributed by atoms with van der Waals surface area (Å²) >= 11 is 6.19.